The predicted octanol–water partition coefficient (Wildman–Crippen LogP) is 4.01. The van der Waals surface area contributed by atoms with Crippen molar-refractivity contribution < 1.29 is 39.5 Å². The van der Waals surface area contributed by atoms with E-state index in [-0.39, 0.29) is 28.7 Å². The van der Waals surface area contributed by atoms with E-state index in [0.29, 0.717) is 12.6 Å². The fraction of sp³-hybridized carbons (Fsp3) is 0.333. The number of hydrogen-bond donors (Lipinski definition) is 1. The van der Waals surface area contributed by atoms with E-state index in [0.717, 1.165) is 47.7 Å². The molecule has 0 aliphatic carbocycles. The number of sulfone groups is 1. The minimum atomic E-state index is -4.91. The average Bonchev–Trinajstić information content (AvgIpc) is 3.39. The maximum atomic E-state index is 13.4. The van der Waals surface area contributed by atoms with Gasteiger partial charge in [-0.05, 0) is 60.3 Å². The molecule has 0 bridgehead atoms. The number of hydrogen-bond acceptors (Lipinski definition) is 7. The minimum absolute atomic E-state index is 0.00927. The zero-order valence-electron chi connectivity index (χ0n) is 20.0. The average molecular weight is 593 g/mol. The first-order chi connectivity index (χ1) is 17.6. The molecule has 1 aliphatic heterocycles. The third-order valence-corrected chi connectivity index (χ3v) is 11.5. The lowest BCUT2D eigenvalue weighted by atomic mass is 9.95. The van der Waals surface area contributed by atoms with Gasteiger partial charge in [0.1, 0.15) is 10.0 Å². The minimum Gasteiger partial charge on any atom is -0.376 e. The summed E-state index contributed by atoms with van der Waals surface area (Å²) < 4.78 is 107. The monoisotopic (exact) mass is 592 g/mol. The first kappa shape index (κ1) is 28.5. The van der Waals surface area contributed by atoms with Gasteiger partial charge in [0, 0.05) is 25.3 Å². The maximum Gasteiger partial charge on any atom is 0.421 e. The normalized spacial score (nSPS) is 19.3. The smallest absolute Gasteiger partial charge is 0.376 e. The molecular weight excluding hydrogens is 568 g/mol. The van der Waals surface area contributed by atoms with Crippen molar-refractivity contribution >= 4 is 36.9 Å². The molecule has 1 N–H and O–H groups in total. The SMILES string of the molecule is CC(O)(c1ccc(N2CCN(S(=O)(=O)c3cccs3)CC2CS(=O)(=O)c2ccc(F)cc2)cc1)C(F)(F)F. The van der Waals surface area contributed by atoms with Crippen LogP contribution in [0.1, 0.15) is 12.5 Å². The Balaban J connectivity index is 1.67. The molecule has 2 atom stereocenters. The van der Waals surface area contributed by atoms with Crippen LogP contribution in [0, 0.1) is 5.82 Å². The Hall–Kier alpha value is -2.52. The van der Waals surface area contributed by atoms with Crippen molar-refractivity contribution in [3.8, 4) is 0 Å². The number of rotatable bonds is 7. The van der Waals surface area contributed by atoms with Crippen molar-refractivity contribution in [2.75, 3.05) is 30.3 Å². The van der Waals surface area contributed by atoms with Crippen molar-refractivity contribution in [3.63, 3.8) is 0 Å². The molecule has 0 amide bonds. The lowest BCUT2D eigenvalue weighted by molar-refractivity contribution is -0.258. The van der Waals surface area contributed by atoms with Gasteiger partial charge in [-0.15, -0.1) is 11.3 Å². The lowest BCUT2D eigenvalue weighted by Crippen LogP contribution is -2.57. The largest absolute Gasteiger partial charge is 0.421 e. The van der Waals surface area contributed by atoms with Gasteiger partial charge >= 0.3 is 6.18 Å². The summed E-state index contributed by atoms with van der Waals surface area (Å²) in [7, 11) is -7.91. The highest BCUT2D eigenvalue weighted by atomic mass is 32.2. The molecule has 7 nitrogen and oxygen atoms in total. The van der Waals surface area contributed by atoms with Crippen LogP contribution in [0.3, 0.4) is 0 Å². The molecule has 3 aromatic rings. The van der Waals surface area contributed by atoms with Gasteiger partial charge in [0.15, 0.2) is 15.4 Å². The molecule has 2 heterocycles. The molecule has 2 unspecified atom stereocenters. The number of thiophene rings is 1. The highest BCUT2D eigenvalue weighted by Crippen LogP contribution is 2.39. The van der Waals surface area contributed by atoms with E-state index in [1.807, 2.05) is 0 Å². The number of aliphatic hydroxyl groups is 1. The van der Waals surface area contributed by atoms with Crippen molar-refractivity contribution in [1.29, 1.82) is 0 Å². The summed E-state index contributed by atoms with van der Waals surface area (Å²) in [6, 6.07) is 11.2. The Morgan fingerprint density at radius 3 is 2.16 bits per heavy atom. The van der Waals surface area contributed by atoms with E-state index in [1.165, 1.54) is 22.5 Å². The molecule has 38 heavy (non-hydrogen) atoms. The van der Waals surface area contributed by atoms with Gasteiger partial charge in [-0.3, -0.25) is 0 Å². The van der Waals surface area contributed by atoms with E-state index in [2.05, 4.69) is 0 Å². The van der Waals surface area contributed by atoms with Gasteiger partial charge < -0.3 is 10.0 Å². The summed E-state index contributed by atoms with van der Waals surface area (Å²) in [4.78, 5) is 1.47. The highest BCUT2D eigenvalue weighted by molar-refractivity contribution is 7.91. The van der Waals surface area contributed by atoms with Crippen LogP contribution in [-0.4, -0.2) is 63.9 Å². The zero-order valence-corrected chi connectivity index (χ0v) is 22.4. The summed E-state index contributed by atoms with van der Waals surface area (Å²) in [6.07, 6.45) is -4.91. The molecule has 0 radical (unpaired) electrons. The molecule has 1 saturated heterocycles. The van der Waals surface area contributed by atoms with Crippen LogP contribution >= 0.6 is 11.3 Å². The van der Waals surface area contributed by atoms with Gasteiger partial charge in [0.2, 0.25) is 0 Å². The summed E-state index contributed by atoms with van der Waals surface area (Å²) >= 11 is 1.03. The molecule has 4 rings (SSSR count). The summed E-state index contributed by atoms with van der Waals surface area (Å²) in [5, 5.41) is 11.6. The van der Waals surface area contributed by atoms with Crippen molar-refractivity contribution in [2.24, 2.45) is 0 Å². The molecule has 1 aromatic heterocycles. The maximum absolute atomic E-state index is 13.4. The number of anilines is 1. The van der Waals surface area contributed by atoms with Crippen LogP contribution in [0.2, 0.25) is 0 Å². The Morgan fingerprint density at radius 1 is 0.974 bits per heavy atom. The Bertz CT molecular complexity index is 1470. The van der Waals surface area contributed by atoms with Crippen molar-refractivity contribution in [2.45, 2.75) is 33.8 Å². The number of alkyl halides is 3. The lowest BCUT2D eigenvalue weighted by Gasteiger charge is -2.42. The highest BCUT2D eigenvalue weighted by Gasteiger charge is 2.51. The number of benzene rings is 2. The fourth-order valence-corrected chi connectivity index (χ4v) is 8.35. The topological polar surface area (TPSA) is 95.0 Å². The van der Waals surface area contributed by atoms with E-state index in [1.54, 1.807) is 16.3 Å². The van der Waals surface area contributed by atoms with Crippen molar-refractivity contribution in [1.82, 2.24) is 4.31 Å². The first-order valence-corrected chi connectivity index (χ1v) is 15.3. The third kappa shape index (κ3) is 5.59. The Morgan fingerprint density at radius 2 is 1.61 bits per heavy atom. The molecule has 0 saturated carbocycles. The molecule has 206 valence electrons. The molecule has 14 heteroatoms. The zero-order chi connectivity index (χ0) is 27.9. The van der Waals surface area contributed by atoms with Gasteiger partial charge in [0.25, 0.3) is 10.0 Å². The molecule has 0 spiro atoms. The second kappa shape index (κ2) is 10.2. The predicted molar refractivity (Wildman–Crippen MR) is 135 cm³/mol. The number of halogens is 4. The summed E-state index contributed by atoms with van der Waals surface area (Å²) in [5.41, 5.74) is -3.13. The van der Waals surface area contributed by atoms with E-state index in [9.17, 15) is 39.5 Å². The number of piperazine rings is 1. The van der Waals surface area contributed by atoms with Crippen LogP contribution in [-0.2, 0) is 25.5 Å². The van der Waals surface area contributed by atoms with Crippen LogP contribution in [0.5, 0.6) is 0 Å². The summed E-state index contributed by atoms with van der Waals surface area (Å²) in [5.74, 6) is -1.15. The van der Waals surface area contributed by atoms with Gasteiger partial charge in [-0.1, -0.05) is 18.2 Å². The van der Waals surface area contributed by atoms with Crippen LogP contribution in [0.15, 0.2) is 75.1 Å². The van der Waals surface area contributed by atoms with Crippen LogP contribution in [0.4, 0.5) is 23.2 Å². The standard InChI is InChI=1S/C24H24F4N2O5S3/c1-23(31,24(26,27)28)17-4-8-19(9-5-17)30-13-12-29(38(34,35)22-3-2-14-36-22)15-20(30)16-37(32,33)21-10-6-18(25)7-11-21/h2-11,14,20,31H,12-13,15-16H2,1H3. The fourth-order valence-electron chi connectivity index (χ4n) is 4.20. The molecule has 1 fully saturated rings. The second-order valence-corrected chi connectivity index (χ2v) is 14.1. The first-order valence-electron chi connectivity index (χ1n) is 11.3. The number of nitrogens with zero attached hydrogens (tertiary/aromatic N) is 2. The van der Waals surface area contributed by atoms with Crippen molar-refractivity contribution in [3.05, 3.63) is 77.4 Å². The Labute approximate surface area is 221 Å². The molecular formula is C24H24F4N2O5S3. The summed E-state index contributed by atoms with van der Waals surface area (Å²) in [6.45, 7) is 0.496. The number of sulfonamides is 1. The van der Waals surface area contributed by atoms with Crippen LogP contribution < -0.4 is 4.90 Å². The van der Waals surface area contributed by atoms with Gasteiger partial charge in [0.05, 0.1) is 16.7 Å². The quantitative estimate of drug-likeness (QED) is 0.329. The van der Waals surface area contributed by atoms with E-state index < -0.39 is 54.8 Å². The molecule has 1 aliphatic rings. The Kier molecular flexibility index (Phi) is 7.67. The molecule has 2 aromatic carbocycles. The third-order valence-electron chi connectivity index (χ3n) is 6.43. The second-order valence-electron chi connectivity index (χ2n) is 8.99. The van der Waals surface area contributed by atoms with E-state index in [4.69, 9.17) is 0 Å². The van der Waals surface area contributed by atoms with Gasteiger partial charge in [-0.25, -0.2) is 21.2 Å². The van der Waals surface area contributed by atoms with Gasteiger partial charge in [-0.2, -0.15) is 17.5 Å². The van der Waals surface area contributed by atoms with Crippen LogP contribution in [0.25, 0.3) is 0 Å². The van der Waals surface area contributed by atoms with E-state index >= 15 is 0 Å².